The Hall–Kier alpha value is -3.82. The molecule has 176 valence electrons. The van der Waals surface area contributed by atoms with Crippen LogP contribution in [0, 0.1) is 0 Å². The highest BCUT2D eigenvalue weighted by molar-refractivity contribution is 5.98. The normalized spacial score (nSPS) is 11.7. The molecule has 0 saturated heterocycles. The Morgan fingerprint density at radius 1 is 0.941 bits per heavy atom. The SMILES string of the molecule is O=C(NCc1ccccc1)c1ccc2c(c1)cc(C(O)O)n2Cc1ccc(OC(F)(F)F)cc1. The van der Waals surface area contributed by atoms with Crippen LogP contribution >= 0.6 is 0 Å². The van der Waals surface area contributed by atoms with Gasteiger partial charge in [-0.15, -0.1) is 13.2 Å². The molecule has 3 N–H and O–H groups in total. The van der Waals surface area contributed by atoms with Gasteiger partial charge in [0, 0.05) is 29.6 Å². The number of amides is 1. The van der Waals surface area contributed by atoms with Gasteiger partial charge < -0.3 is 24.8 Å². The Bertz CT molecular complexity index is 1280. The molecule has 0 spiro atoms. The summed E-state index contributed by atoms with van der Waals surface area (Å²) < 4.78 is 42.6. The van der Waals surface area contributed by atoms with Gasteiger partial charge in [-0.25, -0.2) is 0 Å². The Morgan fingerprint density at radius 2 is 1.65 bits per heavy atom. The Morgan fingerprint density at radius 3 is 2.29 bits per heavy atom. The van der Waals surface area contributed by atoms with Crippen LogP contribution in [0.15, 0.2) is 78.9 Å². The van der Waals surface area contributed by atoms with Crippen molar-refractivity contribution in [2.75, 3.05) is 0 Å². The van der Waals surface area contributed by atoms with Crippen molar-refractivity contribution in [2.24, 2.45) is 0 Å². The molecule has 0 atom stereocenters. The van der Waals surface area contributed by atoms with Crippen LogP contribution in [-0.2, 0) is 13.1 Å². The maximum Gasteiger partial charge on any atom is 0.573 e. The van der Waals surface area contributed by atoms with E-state index in [1.54, 1.807) is 28.8 Å². The fourth-order valence-electron chi connectivity index (χ4n) is 3.68. The molecule has 9 heteroatoms. The van der Waals surface area contributed by atoms with E-state index in [0.29, 0.717) is 28.6 Å². The average molecular weight is 470 g/mol. The number of nitrogens with zero attached hydrogens (tertiary/aromatic N) is 1. The molecule has 4 aromatic rings. The van der Waals surface area contributed by atoms with Crippen LogP contribution in [-0.4, -0.2) is 27.0 Å². The number of nitrogens with one attached hydrogen (secondary N) is 1. The molecule has 34 heavy (non-hydrogen) atoms. The number of aliphatic hydroxyl groups excluding tert-OH is 1. The van der Waals surface area contributed by atoms with E-state index in [2.05, 4.69) is 10.1 Å². The number of fused-ring (bicyclic) bond motifs is 1. The van der Waals surface area contributed by atoms with Gasteiger partial charge in [-0.05, 0) is 47.5 Å². The molecular formula is C25H21F3N2O4. The minimum absolute atomic E-state index is 0.169. The fourth-order valence-corrected chi connectivity index (χ4v) is 3.68. The predicted molar refractivity (Wildman–Crippen MR) is 119 cm³/mol. The van der Waals surface area contributed by atoms with Crippen LogP contribution in [0.2, 0.25) is 0 Å². The molecule has 6 nitrogen and oxygen atoms in total. The summed E-state index contributed by atoms with van der Waals surface area (Å²) in [7, 11) is 0. The molecule has 4 rings (SSSR count). The standard InChI is InChI=1S/C25H21F3N2O4/c26-25(27,28)34-20-9-6-17(7-10-20)15-30-21-11-8-18(12-19(21)13-22(30)24(32)33)23(31)29-14-16-4-2-1-3-5-16/h1-13,24,32-33H,14-15H2,(H,29,31). The third kappa shape index (κ3) is 5.56. The summed E-state index contributed by atoms with van der Waals surface area (Å²) in [5, 5.41) is 23.2. The number of rotatable bonds is 7. The minimum Gasteiger partial charge on any atom is -0.406 e. The molecule has 1 heterocycles. The zero-order valence-electron chi connectivity index (χ0n) is 17.8. The maximum absolute atomic E-state index is 12.6. The molecule has 0 aliphatic heterocycles. The third-order valence-electron chi connectivity index (χ3n) is 5.25. The monoisotopic (exact) mass is 470 g/mol. The lowest BCUT2D eigenvalue weighted by molar-refractivity contribution is -0.274. The molecule has 0 radical (unpaired) electrons. The van der Waals surface area contributed by atoms with Crippen LogP contribution in [0.4, 0.5) is 13.2 Å². The first kappa shape index (κ1) is 23.3. The lowest BCUT2D eigenvalue weighted by Crippen LogP contribution is -2.22. The minimum atomic E-state index is -4.78. The number of carbonyl (C=O) groups excluding carboxylic acids is 1. The summed E-state index contributed by atoms with van der Waals surface area (Å²) >= 11 is 0. The quantitative estimate of drug-likeness (QED) is 0.347. The second-order valence-electron chi connectivity index (χ2n) is 7.66. The van der Waals surface area contributed by atoms with Gasteiger partial charge in [0.05, 0.1) is 5.69 Å². The van der Waals surface area contributed by atoms with Crippen molar-refractivity contribution in [1.29, 1.82) is 0 Å². The third-order valence-corrected chi connectivity index (χ3v) is 5.25. The number of carbonyl (C=O) groups is 1. The Kier molecular flexibility index (Phi) is 6.58. The van der Waals surface area contributed by atoms with E-state index in [0.717, 1.165) is 5.56 Å². The fraction of sp³-hybridized carbons (Fsp3) is 0.160. The summed E-state index contributed by atoms with van der Waals surface area (Å²) in [4.78, 5) is 12.6. The number of halogens is 3. The molecule has 0 aliphatic carbocycles. The second kappa shape index (κ2) is 9.58. The molecular weight excluding hydrogens is 449 g/mol. The Labute approximate surface area is 192 Å². The molecule has 0 unspecified atom stereocenters. The number of hydrogen-bond donors (Lipinski definition) is 3. The lowest BCUT2D eigenvalue weighted by Gasteiger charge is -2.13. The van der Waals surface area contributed by atoms with E-state index in [4.69, 9.17) is 0 Å². The van der Waals surface area contributed by atoms with E-state index in [9.17, 15) is 28.2 Å². The van der Waals surface area contributed by atoms with Gasteiger partial charge in [0.25, 0.3) is 5.91 Å². The lowest BCUT2D eigenvalue weighted by atomic mass is 10.1. The predicted octanol–water partition coefficient (Wildman–Crippen LogP) is 4.50. The molecule has 0 saturated carbocycles. The van der Waals surface area contributed by atoms with Gasteiger partial charge in [-0.2, -0.15) is 0 Å². The van der Waals surface area contributed by atoms with Crippen molar-refractivity contribution >= 4 is 16.8 Å². The number of hydrogen-bond acceptors (Lipinski definition) is 4. The van der Waals surface area contributed by atoms with E-state index >= 15 is 0 Å². The topological polar surface area (TPSA) is 83.7 Å². The van der Waals surface area contributed by atoms with Gasteiger partial charge >= 0.3 is 6.36 Å². The molecule has 1 amide bonds. The van der Waals surface area contributed by atoms with Crippen LogP contribution in [0.25, 0.3) is 10.9 Å². The summed E-state index contributed by atoms with van der Waals surface area (Å²) in [6, 6.07) is 21.3. The average Bonchev–Trinajstić information content (AvgIpc) is 3.16. The number of benzene rings is 3. The van der Waals surface area contributed by atoms with E-state index in [-0.39, 0.29) is 23.9 Å². The molecule has 3 aromatic carbocycles. The zero-order valence-corrected chi connectivity index (χ0v) is 17.8. The zero-order chi connectivity index (χ0) is 24.3. The molecule has 1 aromatic heterocycles. The summed E-state index contributed by atoms with van der Waals surface area (Å²) in [6.45, 7) is 0.537. The van der Waals surface area contributed by atoms with Crippen molar-refractivity contribution in [3.8, 4) is 5.75 Å². The smallest absolute Gasteiger partial charge is 0.406 e. The number of alkyl halides is 3. The van der Waals surface area contributed by atoms with Gasteiger partial charge in [0.15, 0.2) is 6.29 Å². The van der Waals surface area contributed by atoms with Gasteiger partial charge in [0.1, 0.15) is 5.75 Å². The first-order valence-corrected chi connectivity index (χ1v) is 10.4. The highest BCUT2D eigenvalue weighted by atomic mass is 19.4. The summed E-state index contributed by atoms with van der Waals surface area (Å²) in [5.74, 6) is -0.618. The summed E-state index contributed by atoms with van der Waals surface area (Å²) in [6.07, 6.45) is -6.56. The van der Waals surface area contributed by atoms with Crippen molar-refractivity contribution < 1.29 is 32.9 Å². The van der Waals surface area contributed by atoms with Crippen LogP contribution in [0.5, 0.6) is 5.75 Å². The van der Waals surface area contributed by atoms with E-state index < -0.39 is 12.7 Å². The van der Waals surface area contributed by atoms with Gasteiger partial charge in [-0.3, -0.25) is 4.79 Å². The second-order valence-corrected chi connectivity index (χ2v) is 7.66. The van der Waals surface area contributed by atoms with Crippen molar-refractivity contribution in [3.05, 3.63) is 101 Å². The maximum atomic E-state index is 12.6. The van der Waals surface area contributed by atoms with Gasteiger partial charge in [-0.1, -0.05) is 42.5 Å². The molecule has 0 aliphatic rings. The first-order chi connectivity index (χ1) is 16.2. The highest BCUT2D eigenvalue weighted by Gasteiger charge is 2.31. The largest absolute Gasteiger partial charge is 0.573 e. The van der Waals surface area contributed by atoms with Crippen LogP contribution in [0.3, 0.4) is 0 Å². The molecule has 0 bridgehead atoms. The Balaban J connectivity index is 1.56. The number of ether oxygens (including phenoxy) is 1. The molecule has 0 fully saturated rings. The van der Waals surface area contributed by atoms with Crippen molar-refractivity contribution in [2.45, 2.75) is 25.7 Å². The summed E-state index contributed by atoms with van der Waals surface area (Å²) in [5.41, 5.74) is 2.82. The van der Waals surface area contributed by atoms with Crippen molar-refractivity contribution in [3.63, 3.8) is 0 Å². The number of aliphatic hydroxyl groups is 2. The highest BCUT2D eigenvalue weighted by Crippen LogP contribution is 2.27. The van der Waals surface area contributed by atoms with Crippen molar-refractivity contribution in [1.82, 2.24) is 9.88 Å². The first-order valence-electron chi connectivity index (χ1n) is 10.4. The van der Waals surface area contributed by atoms with E-state index in [1.807, 2.05) is 30.3 Å². The van der Waals surface area contributed by atoms with Crippen LogP contribution < -0.4 is 10.1 Å². The number of aromatic nitrogens is 1. The van der Waals surface area contributed by atoms with Gasteiger partial charge in [0.2, 0.25) is 0 Å². The van der Waals surface area contributed by atoms with E-state index in [1.165, 1.54) is 24.3 Å². The van der Waals surface area contributed by atoms with Crippen LogP contribution in [0.1, 0.15) is 33.5 Å².